The second-order valence-electron chi connectivity index (χ2n) is 10.6. The first kappa shape index (κ1) is 25.1. The predicted octanol–water partition coefficient (Wildman–Crippen LogP) is 3.02. The third-order valence-corrected chi connectivity index (χ3v) is 8.13. The quantitative estimate of drug-likeness (QED) is 0.386. The summed E-state index contributed by atoms with van der Waals surface area (Å²) in [6.45, 7) is 2.93. The molecule has 2 atom stereocenters. The molecule has 0 spiro atoms. The molecule has 3 saturated heterocycles. The average Bonchev–Trinajstić information content (AvgIpc) is 3.57. The molecular weight excluding hydrogens is 532 g/mol. The van der Waals surface area contributed by atoms with Crippen molar-refractivity contribution in [2.24, 2.45) is 11.8 Å². The summed E-state index contributed by atoms with van der Waals surface area (Å²) >= 11 is 0. The largest absolute Gasteiger partial charge is 0.436 e. The number of amides is 1. The third kappa shape index (κ3) is 4.13. The normalized spacial score (nSPS) is 23.9. The SMILES string of the molecule is O=C(c1ccnc(C(F)(F)F)c1F)N1CC2COCC(C1)C2N1CC(n2cc(-c3ncnc4[nH]ccc34)cn2)C1. The van der Waals surface area contributed by atoms with E-state index in [2.05, 4.69) is 29.9 Å². The number of nitrogens with zero attached hydrogens (tertiary/aromatic N) is 7. The number of rotatable bonds is 4. The second kappa shape index (κ2) is 9.34. The molecule has 2 bridgehead atoms. The number of carbonyl (C=O) groups is 1. The van der Waals surface area contributed by atoms with E-state index in [0.717, 1.165) is 47.6 Å². The van der Waals surface area contributed by atoms with Gasteiger partial charge >= 0.3 is 6.18 Å². The van der Waals surface area contributed by atoms with Gasteiger partial charge in [0.25, 0.3) is 5.91 Å². The van der Waals surface area contributed by atoms with Crippen LogP contribution in [0.4, 0.5) is 17.6 Å². The third-order valence-electron chi connectivity index (χ3n) is 8.13. The number of hydrogen-bond acceptors (Lipinski definition) is 7. The minimum Gasteiger partial charge on any atom is -0.381 e. The monoisotopic (exact) mass is 556 g/mol. The van der Waals surface area contributed by atoms with Crippen LogP contribution in [-0.4, -0.2) is 90.9 Å². The van der Waals surface area contributed by atoms with E-state index < -0.39 is 29.2 Å². The molecule has 3 aliphatic rings. The number of piperidine rings is 1. The predicted molar refractivity (Wildman–Crippen MR) is 132 cm³/mol. The molecule has 7 heterocycles. The number of nitrogens with one attached hydrogen (secondary N) is 1. The zero-order chi connectivity index (χ0) is 27.6. The Kier molecular flexibility index (Phi) is 5.85. The van der Waals surface area contributed by atoms with Gasteiger partial charge in [0.2, 0.25) is 0 Å². The molecule has 2 unspecified atom stereocenters. The van der Waals surface area contributed by atoms with Crippen molar-refractivity contribution < 1.29 is 27.1 Å². The number of halogens is 4. The average molecular weight is 557 g/mol. The van der Waals surface area contributed by atoms with E-state index in [4.69, 9.17) is 4.74 Å². The fourth-order valence-electron chi connectivity index (χ4n) is 6.32. The molecule has 0 radical (unpaired) electrons. The van der Waals surface area contributed by atoms with Crippen LogP contribution in [0.25, 0.3) is 22.3 Å². The fourth-order valence-corrected chi connectivity index (χ4v) is 6.32. The number of carbonyl (C=O) groups excluding carboxylic acids is 1. The number of pyridine rings is 1. The van der Waals surface area contributed by atoms with Crippen molar-refractivity contribution in [2.45, 2.75) is 18.3 Å². The topological polar surface area (TPSA) is 105 Å². The Bertz CT molecular complexity index is 1570. The van der Waals surface area contributed by atoms with Crippen LogP contribution in [0.1, 0.15) is 22.1 Å². The van der Waals surface area contributed by atoms with Gasteiger partial charge in [-0.1, -0.05) is 0 Å². The molecule has 0 aromatic carbocycles. The number of aromatic amines is 1. The summed E-state index contributed by atoms with van der Waals surface area (Å²) in [5, 5.41) is 5.50. The van der Waals surface area contributed by atoms with E-state index in [1.54, 1.807) is 6.20 Å². The minimum absolute atomic E-state index is 0.0412. The summed E-state index contributed by atoms with van der Waals surface area (Å²) in [6, 6.07) is 3.26. The van der Waals surface area contributed by atoms with Crippen molar-refractivity contribution in [1.82, 2.24) is 39.5 Å². The lowest BCUT2D eigenvalue weighted by atomic mass is 9.79. The van der Waals surface area contributed by atoms with Gasteiger partial charge in [-0.3, -0.25) is 14.4 Å². The Morgan fingerprint density at radius 1 is 1.05 bits per heavy atom. The molecule has 4 aromatic heterocycles. The molecule has 14 heteroatoms. The van der Waals surface area contributed by atoms with Gasteiger partial charge in [-0.15, -0.1) is 0 Å². The summed E-state index contributed by atoms with van der Waals surface area (Å²) in [7, 11) is 0. The lowest BCUT2D eigenvalue weighted by Gasteiger charge is -2.55. The van der Waals surface area contributed by atoms with E-state index in [9.17, 15) is 22.4 Å². The lowest BCUT2D eigenvalue weighted by molar-refractivity contribution is -0.143. The van der Waals surface area contributed by atoms with Gasteiger partial charge < -0.3 is 14.6 Å². The van der Waals surface area contributed by atoms with Crippen molar-refractivity contribution >= 4 is 16.9 Å². The van der Waals surface area contributed by atoms with Crippen LogP contribution in [0.15, 0.2) is 43.2 Å². The number of aromatic nitrogens is 6. The van der Waals surface area contributed by atoms with Gasteiger partial charge in [-0.05, 0) is 12.1 Å². The summed E-state index contributed by atoms with van der Waals surface area (Å²) in [6.07, 6.45) is 2.97. The number of alkyl halides is 3. The fraction of sp³-hybridized carbons (Fsp3) is 0.423. The molecule has 0 aliphatic carbocycles. The van der Waals surface area contributed by atoms with Crippen LogP contribution in [0, 0.1) is 17.7 Å². The van der Waals surface area contributed by atoms with Gasteiger partial charge in [0.1, 0.15) is 12.0 Å². The molecule has 3 aliphatic heterocycles. The molecule has 1 N–H and O–H groups in total. The Balaban J connectivity index is 1.04. The number of H-pyrrole nitrogens is 1. The second-order valence-corrected chi connectivity index (χ2v) is 10.6. The van der Waals surface area contributed by atoms with E-state index in [1.807, 2.05) is 23.1 Å². The number of ether oxygens (including phenoxy) is 1. The first-order chi connectivity index (χ1) is 19.3. The molecule has 3 fully saturated rings. The summed E-state index contributed by atoms with van der Waals surface area (Å²) in [5.74, 6) is -2.47. The molecule has 10 nitrogen and oxygen atoms in total. The zero-order valence-corrected chi connectivity index (χ0v) is 21.1. The van der Waals surface area contributed by atoms with Crippen molar-refractivity contribution in [1.29, 1.82) is 0 Å². The Morgan fingerprint density at radius 2 is 1.82 bits per heavy atom. The van der Waals surface area contributed by atoms with E-state index in [1.165, 1.54) is 11.2 Å². The maximum absolute atomic E-state index is 14.6. The molecule has 0 saturated carbocycles. The molecule has 40 heavy (non-hydrogen) atoms. The Hall–Kier alpha value is -3.91. The highest BCUT2D eigenvalue weighted by molar-refractivity contribution is 5.94. The van der Waals surface area contributed by atoms with Crippen LogP contribution >= 0.6 is 0 Å². The van der Waals surface area contributed by atoms with Crippen LogP contribution < -0.4 is 0 Å². The van der Waals surface area contributed by atoms with Crippen LogP contribution in [-0.2, 0) is 10.9 Å². The highest BCUT2D eigenvalue weighted by atomic mass is 19.4. The van der Waals surface area contributed by atoms with Crippen molar-refractivity contribution in [2.75, 3.05) is 39.4 Å². The maximum atomic E-state index is 14.6. The van der Waals surface area contributed by atoms with E-state index in [-0.39, 0.29) is 37.0 Å². The summed E-state index contributed by atoms with van der Waals surface area (Å²) < 4.78 is 61.8. The molecule has 4 aromatic rings. The Morgan fingerprint density at radius 3 is 2.58 bits per heavy atom. The standard InChI is InChI=1S/C26H24F4N8O2/c27-20-18(1-3-31-23(20)26(28,29)30)25(39)37-6-15-11-40-12-16(7-37)22(15)36-9-17(10-36)38-8-14(5-35-38)21-19-2-4-32-24(19)34-13-33-21/h1-5,8,13,15-17,22H,6-7,9-12H2,(H,32,33,34). The highest BCUT2D eigenvalue weighted by Gasteiger charge is 2.48. The first-order valence-electron chi connectivity index (χ1n) is 12.9. The van der Waals surface area contributed by atoms with E-state index in [0.29, 0.717) is 13.2 Å². The molecule has 1 amide bonds. The number of fused-ring (bicyclic) bond motifs is 3. The van der Waals surface area contributed by atoms with Gasteiger partial charge in [-0.2, -0.15) is 18.3 Å². The zero-order valence-electron chi connectivity index (χ0n) is 21.1. The minimum atomic E-state index is -4.98. The van der Waals surface area contributed by atoms with Crippen LogP contribution in [0.2, 0.25) is 0 Å². The molecule has 7 rings (SSSR count). The lowest BCUT2D eigenvalue weighted by Crippen LogP contribution is -2.66. The molecular formula is C26H24F4N8O2. The van der Waals surface area contributed by atoms with Crippen molar-refractivity contribution in [3.05, 3.63) is 60.3 Å². The number of likely N-dealkylation sites (tertiary alicyclic amines) is 2. The summed E-state index contributed by atoms with van der Waals surface area (Å²) in [4.78, 5) is 31.8. The smallest absolute Gasteiger partial charge is 0.381 e. The van der Waals surface area contributed by atoms with Gasteiger partial charge in [0.05, 0.1) is 36.7 Å². The summed E-state index contributed by atoms with van der Waals surface area (Å²) in [5.41, 5.74) is 0.185. The maximum Gasteiger partial charge on any atom is 0.436 e. The highest BCUT2D eigenvalue weighted by Crippen LogP contribution is 2.38. The van der Waals surface area contributed by atoms with Gasteiger partial charge in [-0.25, -0.2) is 19.3 Å². The molecule has 208 valence electrons. The van der Waals surface area contributed by atoms with Crippen LogP contribution in [0.3, 0.4) is 0 Å². The Labute approximate surface area is 225 Å². The van der Waals surface area contributed by atoms with E-state index >= 15 is 0 Å². The van der Waals surface area contributed by atoms with Crippen molar-refractivity contribution in [3.63, 3.8) is 0 Å². The van der Waals surface area contributed by atoms with Gasteiger partial charge in [0, 0.05) is 73.6 Å². The van der Waals surface area contributed by atoms with Crippen LogP contribution in [0.5, 0.6) is 0 Å². The number of hydrogen-bond donors (Lipinski definition) is 1. The van der Waals surface area contributed by atoms with Crippen molar-refractivity contribution in [3.8, 4) is 11.3 Å². The first-order valence-corrected chi connectivity index (χ1v) is 12.9. The van der Waals surface area contributed by atoms with Gasteiger partial charge in [0.15, 0.2) is 11.5 Å².